The molecule has 3 aliphatic heterocycles. The molecule has 0 radical (unpaired) electrons. The fraction of sp³-hybridized carbons (Fsp3) is 0.536. The van der Waals surface area contributed by atoms with E-state index in [9.17, 15) is 31.1 Å². The van der Waals surface area contributed by atoms with Crippen molar-refractivity contribution in [3.8, 4) is 0 Å². The second-order valence-corrected chi connectivity index (χ2v) is 10.6. The van der Waals surface area contributed by atoms with Crippen molar-refractivity contribution < 1.29 is 35.9 Å². The first-order valence-corrected chi connectivity index (χ1v) is 13.0. The van der Waals surface area contributed by atoms with Crippen molar-refractivity contribution in [2.45, 2.75) is 75.2 Å². The van der Waals surface area contributed by atoms with Gasteiger partial charge in [-0.1, -0.05) is 30.3 Å². The maximum Gasteiger partial charge on any atom is 0.416 e. The number of halogens is 6. The summed E-state index contributed by atoms with van der Waals surface area (Å²) in [5.74, 6) is -0.166. The number of hydrogen-bond donors (Lipinski definition) is 1. The third-order valence-corrected chi connectivity index (χ3v) is 8.13. The van der Waals surface area contributed by atoms with E-state index in [1.165, 1.54) is 0 Å². The first-order valence-electron chi connectivity index (χ1n) is 13.0. The van der Waals surface area contributed by atoms with E-state index in [-0.39, 0.29) is 29.5 Å². The molecule has 1 amide bonds. The molecule has 3 heterocycles. The molecule has 2 aromatic rings. The van der Waals surface area contributed by atoms with Crippen LogP contribution in [0.1, 0.15) is 60.8 Å². The van der Waals surface area contributed by atoms with Gasteiger partial charge in [0.05, 0.1) is 35.3 Å². The fourth-order valence-corrected chi connectivity index (χ4v) is 6.31. The number of alkyl halides is 6. The van der Waals surface area contributed by atoms with Crippen LogP contribution in [-0.2, 0) is 34.0 Å². The number of fused-ring (bicyclic) bond motifs is 2. The van der Waals surface area contributed by atoms with Crippen molar-refractivity contribution in [1.29, 1.82) is 0 Å². The van der Waals surface area contributed by atoms with Crippen LogP contribution in [0.15, 0.2) is 48.5 Å². The lowest BCUT2D eigenvalue weighted by Crippen LogP contribution is -2.54. The van der Waals surface area contributed by atoms with Crippen LogP contribution in [0.2, 0.25) is 0 Å². The normalized spacial score (nSPS) is 27.9. The Balaban J connectivity index is 1.42. The van der Waals surface area contributed by atoms with Gasteiger partial charge in [0.1, 0.15) is 0 Å². The number of piperidine rings is 2. The molecule has 38 heavy (non-hydrogen) atoms. The van der Waals surface area contributed by atoms with Crippen molar-refractivity contribution in [1.82, 2.24) is 10.2 Å². The zero-order valence-electron chi connectivity index (χ0n) is 20.7. The number of ether oxygens (including phenoxy) is 1. The van der Waals surface area contributed by atoms with Gasteiger partial charge in [-0.3, -0.25) is 4.79 Å². The molecule has 3 saturated heterocycles. The second-order valence-electron chi connectivity index (χ2n) is 10.6. The van der Waals surface area contributed by atoms with Gasteiger partial charge in [0.2, 0.25) is 5.91 Å². The highest BCUT2D eigenvalue weighted by Crippen LogP contribution is 2.48. The number of carbonyl (C=O) groups excluding carboxylic acids is 1. The minimum absolute atomic E-state index is 0.0742. The standard InChI is InChI=1S/C28H30F6N2O2/c29-27(30,31)20-13-18(14-21(15-20)28(32,33)34)17-38-24-10-9-23-22(25(37)36-11-5-2-6-12-36)16-26(24,35-23)19-7-3-1-4-8-19/h1,3-4,7-8,13-15,22-24,35H,2,5-6,9-12,16-17H2. The van der Waals surface area contributed by atoms with Gasteiger partial charge in [-0.15, -0.1) is 0 Å². The molecule has 0 saturated carbocycles. The lowest BCUT2D eigenvalue weighted by Gasteiger charge is -2.42. The van der Waals surface area contributed by atoms with Gasteiger partial charge in [-0.05, 0) is 67.9 Å². The Morgan fingerprint density at radius 1 is 0.921 bits per heavy atom. The Hall–Kier alpha value is -2.59. The summed E-state index contributed by atoms with van der Waals surface area (Å²) in [6, 6.07) is 10.9. The highest BCUT2D eigenvalue weighted by Gasteiger charge is 2.56. The number of benzene rings is 2. The summed E-state index contributed by atoms with van der Waals surface area (Å²) in [6.07, 6.45) is -5.72. The molecule has 1 N–H and O–H groups in total. The summed E-state index contributed by atoms with van der Waals surface area (Å²) in [5.41, 5.74) is -2.80. The van der Waals surface area contributed by atoms with Crippen molar-refractivity contribution in [2.75, 3.05) is 13.1 Å². The predicted octanol–water partition coefficient (Wildman–Crippen LogP) is 6.29. The summed E-state index contributed by atoms with van der Waals surface area (Å²) >= 11 is 0. The third kappa shape index (κ3) is 5.30. The molecule has 0 spiro atoms. The molecule has 0 aliphatic carbocycles. The molecular weight excluding hydrogens is 510 g/mol. The van der Waals surface area contributed by atoms with Gasteiger partial charge in [-0.2, -0.15) is 26.3 Å². The molecule has 10 heteroatoms. The monoisotopic (exact) mass is 540 g/mol. The van der Waals surface area contributed by atoms with Crippen LogP contribution < -0.4 is 5.32 Å². The van der Waals surface area contributed by atoms with Crippen molar-refractivity contribution in [2.24, 2.45) is 5.92 Å². The lowest BCUT2D eigenvalue weighted by atomic mass is 9.80. The largest absolute Gasteiger partial charge is 0.416 e. The molecular formula is C28H30F6N2O2. The van der Waals surface area contributed by atoms with Crippen LogP contribution in [0, 0.1) is 5.92 Å². The number of rotatable bonds is 5. The molecule has 5 rings (SSSR count). The molecule has 2 aromatic carbocycles. The zero-order valence-corrected chi connectivity index (χ0v) is 20.7. The molecule has 0 aromatic heterocycles. The average molecular weight is 541 g/mol. The van der Waals surface area contributed by atoms with Crippen molar-refractivity contribution in [3.63, 3.8) is 0 Å². The highest BCUT2D eigenvalue weighted by molar-refractivity contribution is 5.80. The Morgan fingerprint density at radius 2 is 1.55 bits per heavy atom. The Kier molecular flexibility index (Phi) is 7.24. The number of hydrogen-bond acceptors (Lipinski definition) is 3. The minimum atomic E-state index is -4.92. The molecule has 4 nitrogen and oxygen atoms in total. The maximum absolute atomic E-state index is 13.5. The van der Waals surface area contributed by atoms with Gasteiger partial charge in [0, 0.05) is 19.1 Å². The Morgan fingerprint density at radius 3 is 2.16 bits per heavy atom. The van der Waals surface area contributed by atoms with Gasteiger partial charge in [-0.25, -0.2) is 0 Å². The van der Waals surface area contributed by atoms with Gasteiger partial charge in [0.25, 0.3) is 0 Å². The van der Waals surface area contributed by atoms with Crippen LogP contribution in [0.4, 0.5) is 26.3 Å². The maximum atomic E-state index is 13.5. The molecule has 2 bridgehead atoms. The average Bonchev–Trinajstić information content (AvgIpc) is 3.21. The Bertz CT molecular complexity index is 1110. The fourth-order valence-electron chi connectivity index (χ4n) is 6.31. The van der Waals surface area contributed by atoms with Crippen LogP contribution in [-0.4, -0.2) is 36.0 Å². The number of nitrogens with one attached hydrogen (secondary N) is 1. The molecule has 3 fully saturated rings. The first-order chi connectivity index (χ1) is 18.0. The number of nitrogens with zero attached hydrogens (tertiary/aromatic N) is 1. The number of amides is 1. The topological polar surface area (TPSA) is 41.6 Å². The smallest absolute Gasteiger partial charge is 0.371 e. The second kappa shape index (κ2) is 10.2. The first kappa shape index (κ1) is 27.0. The molecule has 206 valence electrons. The van der Waals surface area contributed by atoms with Crippen molar-refractivity contribution in [3.05, 3.63) is 70.8 Å². The van der Waals surface area contributed by atoms with E-state index in [2.05, 4.69) is 5.32 Å². The van der Waals surface area contributed by atoms with E-state index in [1.807, 2.05) is 35.2 Å². The highest BCUT2D eigenvalue weighted by atomic mass is 19.4. The Labute approximate surface area is 217 Å². The number of likely N-dealkylation sites (tertiary alicyclic amines) is 1. The summed E-state index contributed by atoms with van der Waals surface area (Å²) in [5, 5.41) is 3.62. The number of carbonyl (C=O) groups is 1. The van der Waals surface area contributed by atoms with E-state index in [1.54, 1.807) is 0 Å². The van der Waals surface area contributed by atoms with E-state index in [4.69, 9.17) is 4.74 Å². The summed E-state index contributed by atoms with van der Waals surface area (Å²) in [4.78, 5) is 15.4. The molecule has 4 unspecified atom stereocenters. The van der Waals surface area contributed by atoms with Crippen LogP contribution in [0.3, 0.4) is 0 Å². The summed E-state index contributed by atoms with van der Waals surface area (Å²) in [7, 11) is 0. The van der Waals surface area contributed by atoms with Crippen molar-refractivity contribution >= 4 is 5.91 Å². The quantitative estimate of drug-likeness (QED) is 0.454. The summed E-state index contributed by atoms with van der Waals surface area (Å²) in [6.45, 7) is 1.05. The molecule has 4 atom stereocenters. The SMILES string of the molecule is O=C(C1CC2(c3ccccc3)NC1CCC2OCc1cc(C(F)(F)F)cc(C(F)(F)F)c1)N1CCCCC1. The molecule has 3 aliphatic rings. The predicted molar refractivity (Wildman–Crippen MR) is 128 cm³/mol. The van der Waals surface area contributed by atoms with Crippen LogP contribution in [0.5, 0.6) is 0 Å². The van der Waals surface area contributed by atoms with Gasteiger partial charge >= 0.3 is 12.4 Å². The van der Waals surface area contributed by atoms with E-state index in [0.29, 0.717) is 31.4 Å². The minimum Gasteiger partial charge on any atom is -0.371 e. The van der Waals surface area contributed by atoms with E-state index in [0.717, 1.165) is 37.9 Å². The van der Waals surface area contributed by atoms with Gasteiger partial charge < -0.3 is 15.0 Å². The lowest BCUT2D eigenvalue weighted by molar-refractivity contribution is -0.143. The van der Waals surface area contributed by atoms with E-state index >= 15 is 0 Å². The van der Waals surface area contributed by atoms with Crippen LogP contribution >= 0.6 is 0 Å². The van der Waals surface area contributed by atoms with Gasteiger partial charge in [0.15, 0.2) is 0 Å². The third-order valence-electron chi connectivity index (χ3n) is 8.13. The van der Waals surface area contributed by atoms with E-state index < -0.39 is 41.7 Å². The zero-order chi connectivity index (χ0) is 27.1. The summed E-state index contributed by atoms with van der Waals surface area (Å²) < 4.78 is 86.3. The van der Waals surface area contributed by atoms with Crippen LogP contribution in [0.25, 0.3) is 0 Å².